The highest BCUT2D eigenvalue weighted by Gasteiger charge is 2.55. The molecule has 2 aliphatic rings. The third-order valence-electron chi connectivity index (χ3n) is 5.14. The second-order valence-corrected chi connectivity index (χ2v) is 6.32. The Morgan fingerprint density at radius 3 is 2.96 bits per heavy atom. The van der Waals surface area contributed by atoms with E-state index in [-0.39, 0.29) is 11.5 Å². The third-order valence-corrected chi connectivity index (χ3v) is 5.14. The van der Waals surface area contributed by atoms with Crippen LogP contribution in [0.1, 0.15) is 24.6 Å². The fraction of sp³-hybridized carbons (Fsp3) is 0.438. The molecular formula is C16H17N5O2. The lowest BCUT2D eigenvalue weighted by Gasteiger charge is -2.58. The van der Waals surface area contributed by atoms with E-state index in [9.17, 15) is 0 Å². The molecule has 2 saturated heterocycles. The molecule has 2 aliphatic heterocycles. The summed E-state index contributed by atoms with van der Waals surface area (Å²) in [6.45, 7) is 2.59. The number of hydrogen-bond donors (Lipinski definition) is 0. The molecule has 1 unspecified atom stereocenters. The van der Waals surface area contributed by atoms with Crippen LogP contribution in [0.25, 0.3) is 5.65 Å². The van der Waals surface area contributed by atoms with Crippen LogP contribution in [0.15, 0.2) is 41.5 Å². The summed E-state index contributed by atoms with van der Waals surface area (Å²) in [6, 6.07) is 4.20. The van der Waals surface area contributed by atoms with Crippen molar-refractivity contribution in [2.24, 2.45) is 5.41 Å². The molecule has 1 atom stereocenters. The van der Waals surface area contributed by atoms with E-state index in [1.54, 1.807) is 18.8 Å². The number of fused-ring (bicyclic) bond motifs is 1. The summed E-state index contributed by atoms with van der Waals surface area (Å²) in [5.41, 5.74) is 0.965. The summed E-state index contributed by atoms with van der Waals surface area (Å²) in [5.74, 6) is 1.95. The van der Waals surface area contributed by atoms with Crippen LogP contribution < -0.4 is 4.90 Å². The molecule has 0 radical (unpaired) electrons. The number of ether oxygens (including phenoxy) is 1. The molecule has 3 aromatic heterocycles. The molecule has 0 aromatic carbocycles. The Balaban J connectivity index is 1.59. The van der Waals surface area contributed by atoms with Gasteiger partial charge in [0.05, 0.1) is 24.7 Å². The van der Waals surface area contributed by atoms with Crippen molar-refractivity contribution in [1.82, 2.24) is 19.6 Å². The van der Waals surface area contributed by atoms with E-state index in [2.05, 4.69) is 26.0 Å². The normalized spacial score (nSPS) is 23.3. The van der Waals surface area contributed by atoms with Gasteiger partial charge in [-0.05, 0) is 25.0 Å². The van der Waals surface area contributed by atoms with Gasteiger partial charge in [-0.15, -0.1) is 0 Å². The van der Waals surface area contributed by atoms with Crippen LogP contribution in [0, 0.1) is 5.41 Å². The zero-order chi connectivity index (χ0) is 15.3. The molecule has 118 valence electrons. The van der Waals surface area contributed by atoms with Gasteiger partial charge in [-0.1, -0.05) is 0 Å². The minimum atomic E-state index is 0.193. The summed E-state index contributed by atoms with van der Waals surface area (Å²) >= 11 is 0. The predicted octanol–water partition coefficient (Wildman–Crippen LogP) is 2.08. The Morgan fingerprint density at radius 1 is 1.22 bits per heavy atom. The Labute approximate surface area is 132 Å². The molecule has 5 heterocycles. The van der Waals surface area contributed by atoms with Crippen LogP contribution in [-0.4, -0.2) is 39.3 Å². The van der Waals surface area contributed by atoms with Crippen LogP contribution in [-0.2, 0) is 4.74 Å². The quantitative estimate of drug-likeness (QED) is 0.722. The first-order chi connectivity index (χ1) is 11.4. The molecule has 2 fully saturated rings. The van der Waals surface area contributed by atoms with Gasteiger partial charge in [0.1, 0.15) is 12.1 Å². The average molecular weight is 311 g/mol. The minimum Gasteiger partial charge on any atom is -0.467 e. The minimum absolute atomic E-state index is 0.193. The standard InChI is InChI=1S/C16H17N5O2/c1-2-12(23-5-1)15-16(3-6-22-7-4-16)10-20(15)14-9-17-8-13-18-11-19-21(13)14/h1-2,5,8-9,11,15H,3-4,6-7,10H2. The van der Waals surface area contributed by atoms with Crippen LogP contribution in [0.3, 0.4) is 0 Å². The van der Waals surface area contributed by atoms with Gasteiger partial charge < -0.3 is 14.1 Å². The zero-order valence-electron chi connectivity index (χ0n) is 12.6. The van der Waals surface area contributed by atoms with Crippen molar-refractivity contribution in [2.75, 3.05) is 24.7 Å². The fourth-order valence-corrected chi connectivity index (χ4v) is 4.00. The maximum absolute atomic E-state index is 5.76. The summed E-state index contributed by atoms with van der Waals surface area (Å²) in [7, 11) is 0. The van der Waals surface area contributed by atoms with E-state index in [1.165, 1.54) is 0 Å². The second-order valence-electron chi connectivity index (χ2n) is 6.32. The SMILES string of the molecule is c1coc(C2N(c3cncc4ncnn34)CC23CCOCC3)c1. The fourth-order valence-electron chi connectivity index (χ4n) is 4.00. The molecule has 5 rings (SSSR count). The van der Waals surface area contributed by atoms with Crippen molar-refractivity contribution in [2.45, 2.75) is 18.9 Å². The van der Waals surface area contributed by atoms with E-state index < -0.39 is 0 Å². The number of nitrogens with zero attached hydrogens (tertiary/aromatic N) is 5. The second kappa shape index (κ2) is 4.79. The van der Waals surface area contributed by atoms with Gasteiger partial charge in [0.2, 0.25) is 0 Å². The summed E-state index contributed by atoms with van der Waals surface area (Å²) in [5, 5.41) is 4.34. The van der Waals surface area contributed by atoms with Gasteiger partial charge in [0.15, 0.2) is 11.5 Å². The Bertz CT molecular complexity index is 822. The molecule has 7 heteroatoms. The van der Waals surface area contributed by atoms with Gasteiger partial charge in [-0.3, -0.25) is 4.98 Å². The third kappa shape index (κ3) is 1.83. The van der Waals surface area contributed by atoms with E-state index in [4.69, 9.17) is 9.15 Å². The molecule has 0 N–H and O–H groups in total. The topological polar surface area (TPSA) is 68.7 Å². The number of rotatable bonds is 2. The van der Waals surface area contributed by atoms with Crippen LogP contribution in [0.5, 0.6) is 0 Å². The maximum atomic E-state index is 5.76. The van der Waals surface area contributed by atoms with E-state index in [0.29, 0.717) is 0 Å². The summed E-state index contributed by atoms with van der Waals surface area (Å²) in [6.07, 6.45) is 8.98. The highest BCUT2D eigenvalue weighted by Crippen LogP contribution is 2.55. The molecule has 0 saturated carbocycles. The molecule has 3 aromatic rings. The van der Waals surface area contributed by atoms with Gasteiger partial charge in [-0.25, -0.2) is 4.98 Å². The summed E-state index contributed by atoms with van der Waals surface area (Å²) < 4.78 is 13.2. The number of anilines is 1. The van der Waals surface area contributed by atoms with E-state index >= 15 is 0 Å². The van der Waals surface area contributed by atoms with Crippen LogP contribution >= 0.6 is 0 Å². The van der Waals surface area contributed by atoms with Crippen molar-refractivity contribution >= 4 is 11.5 Å². The van der Waals surface area contributed by atoms with Crippen molar-refractivity contribution in [1.29, 1.82) is 0 Å². The number of hydrogen-bond acceptors (Lipinski definition) is 6. The largest absolute Gasteiger partial charge is 0.467 e. The highest BCUT2D eigenvalue weighted by molar-refractivity contribution is 5.52. The molecule has 0 bridgehead atoms. The molecule has 0 amide bonds. The Kier molecular flexibility index (Phi) is 2.72. The van der Waals surface area contributed by atoms with Crippen LogP contribution in [0.2, 0.25) is 0 Å². The molecular weight excluding hydrogens is 294 g/mol. The Morgan fingerprint density at radius 2 is 2.13 bits per heavy atom. The van der Waals surface area contributed by atoms with Crippen LogP contribution in [0.4, 0.5) is 5.82 Å². The van der Waals surface area contributed by atoms with Crippen molar-refractivity contribution in [3.63, 3.8) is 0 Å². The van der Waals surface area contributed by atoms with Gasteiger partial charge in [-0.2, -0.15) is 9.61 Å². The lowest BCUT2D eigenvalue weighted by Crippen LogP contribution is -2.61. The molecule has 0 aliphatic carbocycles. The monoisotopic (exact) mass is 311 g/mol. The molecule has 1 spiro atoms. The smallest absolute Gasteiger partial charge is 0.175 e. The number of furan rings is 1. The first-order valence-electron chi connectivity index (χ1n) is 7.89. The predicted molar refractivity (Wildman–Crippen MR) is 82.1 cm³/mol. The molecule has 23 heavy (non-hydrogen) atoms. The maximum Gasteiger partial charge on any atom is 0.175 e. The van der Waals surface area contributed by atoms with Crippen molar-refractivity contribution in [3.05, 3.63) is 42.9 Å². The number of aromatic nitrogens is 4. The highest BCUT2D eigenvalue weighted by atomic mass is 16.5. The van der Waals surface area contributed by atoms with Gasteiger partial charge in [0, 0.05) is 25.2 Å². The first-order valence-corrected chi connectivity index (χ1v) is 7.89. The molecule has 7 nitrogen and oxygen atoms in total. The zero-order valence-corrected chi connectivity index (χ0v) is 12.6. The Hall–Kier alpha value is -2.41. The average Bonchev–Trinajstić information content (AvgIpc) is 3.24. The summed E-state index contributed by atoms with van der Waals surface area (Å²) in [4.78, 5) is 10.9. The van der Waals surface area contributed by atoms with Crippen molar-refractivity contribution in [3.8, 4) is 0 Å². The van der Waals surface area contributed by atoms with Gasteiger partial charge in [0.25, 0.3) is 0 Å². The first kappa shape index (κ1) is 13.1. The van der Waals surface area contributed by atoms with Crippen molar-refractivity contribution < 1.29 is 9.15 Å². The van der Waals surface area contributed by atoms with Gasteiger partial charge >= 0.3 is 0 Å². The van der Waals surface area contributed by atoms with E-state index in [0.717, 1.165) is 49.8 Å². The van der Waals surface area contributed by atoms with E-state index in [1.807, 2.05) is 16.8 Å². The lowest BCUT2D eigenvalue weighted by molar-refractivity contribution is -0.0346. The lowest BCUT2D eigenvalue weighted by atomic mass is 9.65.